The summed E-state index contributed by atoms with van der Waals surface area (Å²) in [5.74, 6) is -0.463. The number of rotatable bonds is 8. The van der Waals surface area contributed by atoms with Crippen LogP contribution in [0.25, 0.3) is 6.08 Å². The molecule has 3 aliphatic heterocycles. The Kier molecular flexibility index (Phi) is 7.41. The van der Waals surface area contributed by atoms with E-state index in [4.69, 9.17) is 19.9 Å². The number of hydrogen-bond acceptors (Lipinski definition) is 7. The van der Waals surface area contributed by atoms with Gasteiger partial charge in [-0.05, 0) is 93.2 Å². The predicted molar refractivity (Wildman–Crippen MR) is 176 cm³/mol. The van der Waals surface area contributed by atoms with Crippen LogP contribution in [0.3, 0.4) is 0 Å². The highest BCUT2D eigenvalue weighted by Gasteiger charge is 2.81. The number of phenols is 1. The quantitative estimate of drug-likeness (QED) is 0.301. The number of Topliss-reactive ketones (excluding diaryl/α,β-unsaturated/α-hetero) is 2. The largest absolute Gasteiger partial charge is 0.506 e. The van der Waals surface area contributed by atoms with Gasteiger partial charge in [-0.3, -0.25) is 9.59 Å². The van der Waals surface area contributed by atoms with Gasteiger partial charge in [0.25, 0.3) is 0 Å². The number of fused-ring (bicyclic) bond motifs is 2. The number of ether oxygens (including phenoxy) is 3. The molecule has 3 N–H and O–H groups in total. The number of benzene rings is 1. The minimum Gasteiger partial charge on any atom is -0.506 e. The summed E-state index contributed by atoms with van der Waals surface area (Å²) in [5.41, 5.74) is 6.79. The highest BCUT2D eigenvalue weighted by molar-refractivity contribution is 6.19. The number of carbonyl (C=O) groups excluding carboxylic acids is 2. The summed E-state index contributed by atoms with van der Waals surface area (Å²) < 4.78 is 20.8. The van der Waals surface area contributed by atoms with E-state index >= 15 is 0 Å². The third-order valence-electron chi connectivity index (χ3n) is 10.5. The lowest BCUT2D eigenvalue weighted by Crippen LogP contribution is -2.72. The van der Waals surface area contributed by atoms with Gasteiger partial charge < -0.3 is 25.1 Å². The first kappa shape index (κ1) is 31.6. The van der Waals surface area contributed by atoms with E-state index < -0.39 is 28.3 Å². The summed E-state index contributed by atoms with van der Waals surface area (Å²) in [6, 6.07) is 0. The van der Waals surface area contributed by atoms with Crippen molar-refractivity contribution in [1.82, 2.24) is 0 Å². The Morgan fingerprint density at radius 2 is 1.73 bits per heavy atom. The summed E-state index contributed by atoms with van der Waals surface area (Å²) in [6.45, 7) is 16.5. The van der Waals surface area contributed by atoms with Crippen LogP contribution >= 0.6 is 0 Å². The second-order valence-electron chi connectivity index (χ2n) is 14.8. The Labute approximate surface area is 266 Å². The molecule has 6 aliphatic rings. The van der Waals surface area contributed by atoms with E-state index in [0.717, 1.165) is 24.0 Å². The summed E-state index contributed by atoms with van der Waals surface area (Å²) >= 11 is 0. The lowest BCUT2D eigenvalue weighted by Gasteiger charge is -2.56. The third kappa shape index (κ3) is 4.52. The molecule has 1 aromatic carbocycles. The fourth-order valence-electron chi connectivity index (χ4n) is 8.19. The third-order valence-corrected chi connectivity index (χ3v) is 10.5. The van der Waals surface area contributed by atoms with Gasteiger partial charge in [-0.25, -0.2) is 0 Å². The molecule has 1 saturated heterocycles. The molecule has 2 fully saturated rings. The van der Waals surface area contributed by atoms with Gasteiger partial charge in [0.05, 0.1) is 11.2 Å². The average molecular weight is 614 g/mol. The van der Waals surface area contributed by atoms with E-state index in [-0.39, 0.29) is 41.0 Å². The van der Waals surface area contributed by atoms with Gasteiger partial charge in [0.2, 0.25) is 0 Å². The van der Waals surface area contributed by atoms with E-state index in [1.807, 2.05) is 59.8 Å². The standard InChI is InChI=1S/C38H47NO6/c1-21(2)10-9-15-36(8)16-14-25-30(40)29-31(41)27-18-24-19-28-35(6,7)45-37(34(24)42,17-13-23(5)20-39)38(27,28)44-33(29)26(32(25)43-36)12-11-22(3)4/h10-11,13-14,16,18,24,28,40H,9,12,15,17,19-20,39H2,1-8H3/b23-13-/t24-,28+,36-,37+,38-/m1/s1. The van der Waals surface area contributed by atoms with Gasteiger partial charge in [-0.15, -0.1) is 0 Å². The van der Waals surface area contributed by atoms with Crippen LogP contribution in [0.15, 0.2) is 52.7 Å². The summed E-state index contributed by atoms with van der Waals surface area (Å²) in [4.78, 5) is 29.1. The summed E-state index contributed by atoms with van der Waals surface area (Å²) in [6.07, 6.45) is 14.6. The van der Waals surface area contributed by atoms with Crippen LogP contribution in [0.4, 0.5) is 0 Å². The Balaban J connectivity index is 1.59. The van der Waals surface area contributed by atoms with Crippen molar-refractivity contribution < 1.29 is 28.9 Å². The fourth-order valence-corrected chi connectivity index (χ4v) is 8.19. The Bertz CT molecular complexity index is 1650. The van der Waals surface area contributed by atoms with Crippen LogP contribution in [0, 0.1) is 11.8 Å². The first-order valence-corrected chi connectivity index (χ1v) is 16.2. The smallest absolute Gasteiger partial charge is 0.200 e. The molecule has 1 aromatic rings. The van der Waals surface area contributed by atoms with Crippen LogP contribution in [0.5, 0.6) is 17.2 Å². The normalized spacial score (nSPS) is 31.8. The molecular formula is C38H47NO6. The van der Waals surface area contributed by atoms with Crippen LogP contribution in [-0.2, 0) is 16.0 Å². The van der Waals surface area contributed by atoms with Crippen LogP contribution in [0.1, 0.15) is 103 Å². The van der Waals surface area contributed by atoms with Crippen molar-refractivity contribution in [3.8, 4) is 17.2 Å². The molecule has 0 amide bonds. The van der Waals surface area contributed by atoms with Gasteiger partial charge in [0.15, 0.2) is 22.8 Å². The second-order valence-corrected chi connectivity index (χ2v) is 14.8. The van der Waals surface area contributed by atoms with Gasteiger partial charge in [0, 0.05) is 35.9 Å². The van der Waals surface area contributed by atoms with Crippen molar-refractivity contribution in [2.75, 3.05) is 6.54 Å². The molecular weight excluding hydrogens is 566 g/mol. The molecule has 5 atom stereocenters. The maximum atomic E-state index is 14.7. The van der Waals surface area contributed by atoms with E-state index in [2.05, 4.69) is 26.0 Å². The van der Waals surface area contributed by atoms with Gasteiger partial charge in [-0.2, -0.15) is 0 Å². The summed E-state index contributed by atoms with van der Waals surface area (Å²) in [7, 11) is 0. The van der Waals surface area contributed by atoms with Crippen molar-refractivity contribution >= 4 is 17.6 Å². The second kappa shape index (κ2) is 10.6. The molecule has 0 radical (unpaired) electrons. The Hall–Kier alpha value is -3.42. The van der Waals surface area contributed by atoms with E-state index in [9.17, 15) is 14.7 Å². The molecule has 4 bridgehead atoms. The van der Waals surface area contributed by atoms with E-state index in [1.54, 1.807) is 6.08 Å². The zero-order valence-corrected chi connectivity index (χ0v) is 27.9. The number of phenolic OH excluding ortho intramolecular Hbond substituents is 1. The molecule has 0 aromatic heterocycles. The van der Waals surface area contributed by atoms with Crippen molar-refractivity contribution in [2.24, 2.45) is 17.6 Å². The van der Waals surface area contributed by atoms with Crippen LogP contribution < -0.4 is 15.2 Å². The molecule has 0 unspecified atom stereocenters. The Morgan fingerprint density at radius 1 is 1.02 bits per heavy atom. The minimum atomic E-state index is -1.41. The first-order chi connectivity index (χ1) is 21.1. The average Bonchev–Trinajstić information content (AvgIpc) is 3.12. The van der Waals surface area contributed by atoms with E-state index in [0.29, 0.717) is 41.8 Å². The molecule has 1 spiro atoms. The molecule has 7 rings (SSSR count). The lowest BCUT2D eigenvalue weighted by atomic mass is 9.51. The topological polar surface area (TPSA) is 108 Å². The number of hydrogen-bond donors (Lipinski definition) is 2. The lowest BCUT2D eigenvalue weighted by molar-refractivity contribution is -0.171. The van der Waals surface area contributed by atoms with Gasteiger partial charge in [-0.1, -0.05) is 41.0 Å². The molecule has 3 heterocycles. The maximum absolute atomic E-state index is 14.7. The predicted octanol–water partition coefficient (Wildman–Crippen LogP) is 7.11. The fraction of sp³-hybridized carbons (Fsp3) is 0.526. The van der Waals surface area contributed by atoms with Gasteiger partial charge in [0.1, 0.15) is 28.4 Å². The first-order valence-electron chi connectivity index (χ1n) is 16.2. The molecule has 7 heteroatoms. The van der Waals surface area contributed by atoms with Crippen molar-refractivity contribution in [1.29, 1.82) is 0 Å². The minimum absolute atomic E-state index is 0.0653. The van der Waals surface area contributed by atoms with Crippen LogP contribution in [0.2, 0.25) is 0 Å². The van der Waals surface area contributed by atoms with Crippen LogP contribution in [-0.4, -0.2) is 45.6 Å². The maximum Gasteiger partial charge on any atom is 0.200 e. The molecule has 7 nitrogen and oxygen atoms in total. The molecule has 1 saturated carbocycles. The zero-order chi connectivity index (χ0) is 32.7. The SMILES string of the molecule is CC(C)=CCC[C@]1(C)C=Cc2c(O)c3c(c(CC=C(C)C)c2O1)O[C@]12C(=C[C@@H]4C[C@H]1C(C)(C)O[C@@]2(C/C=C(/C)CN)C4=O)C3=O. The van der Waals surface area contributed by atoms with E-state index in [1.165, 1.54) is 5.57 Å². The monoisotopic (exact) mass is 613 g/mol. The number of ketones is 2. The Morgan fingerprint density at radius 3 is 2.40 bits per heavy atom. The molecule has 45 heavy (non-hydrogen) atoms. The highest BCUT2D eigenvalue weighted by atomic mass is 16.6. The number of allylic oxidation sites excluding steroid dienone is 5. The van der Waals surface area contributed by atoms with Crippen molar-refractivity contribution in [3.05, 3.63) is 69.4 Å². The zero-order valence-electron chi connectivity index (χ0n) is 27.9. The van der Waals surface area contributed by atoms with Gasteiger partial charge >= 0.3 is 0 Å². The summed E-state index contributed by atoms with van der Waals surface area (Å²) in [5, 5.41) is 11.8. The highest BCUT2D eigenvalue weighted by Crippen LogP contribution is 2.68. The number of carbonyl (C=O) groups is 2. The van der Waals surface area contributed by atoms with Crippen molar-refractivity contribution in [2.45, 2.75) is 110 Å². The number of nitrogens with two attached hydrogens (primary N) is 1. The van der Waals surface area contributed by atoms with Crippen molar-refractivity contribution in [3.63, 3.8) is 0 Å². The molecule has 240 valence electrons. The molecule has 3 aliphatic carbocycles. The number of aromatic hydroxyl groups is 1.